The zero-order valence-corrected chi connectivity index (χ0v) is 17.9. The minimum absolute atomic E-state index is 0.00951. The van der Waals surface area contributed by atoms with E-state index in [9.17, 15) is 29.1 Å². The molecule has 14 heteroatoms. The second kappa shape index (κ2) is 7.75. The quantitative estimate of drug-likeness (QED) is 0.375. The number of thiazole rings is 1. The minimum atomic E-state index is -2.84. The number of likely N-dealkylation sites (N-methyl/N-ethyl adjacent to an activating group) is 1. The van der Waals surface area contributed by atoms with E-state index in [1.165, 1.54) is 12.3 Å². The monoisotopic (exact) mass is 514 g/mol. The summed E-state index contributed by atoms with van der Waals surface area (Å²) in [5, 5.41) is 34.4. The number of anilines is 1. The van der Waals surface area contributed by atoms with Gasteiger partial charge in [0.15, 0.2) is 6.10 Å². The molecule has 1 saturated heterocycles. The highest BCUT2D eigenvalue weighted by Crippen LogP contribution is 2.40. The van der Waals surface area contributed by atoms with Gasteiger partial charge in [-0.05, 0) is 34.1 Å². The number of aromatic nitrogens is 1. The van der Waals surface area contributed by atoms with Crippen molar-refractivity contribution in [1.82, 2.24) is 14.0 Å². The first-order valence-electron chi connectivity index (χ1n) is 7.44. The van der Waals surface area contributed by atoms with Crippen LogP contribution in [0.1, 0.15) is 5.01 Å². The average molecular weight is 516 g/mol. The summed E-state index contributed by atoms with van der Waals surface area (Å²) in [6.07, 6.45) is -0.885. The number of nitrogens with zero attached hydrogens (tertiary/aromatic N) is 2. The Bertz CT molecular complexity index is 926. The van der Waals surface area contributed by atoms with Gasteiger partial charge in [0.25, 0.3) is 11.6 Å². The van der Waals surface area contributed by atoms with Crippen molar-refractivity contribution in [1.29, 1.82) is 0 Å². The molecule has 0 bridgehead atoms. The fraction of sp³-hybridized carbons (Fsp3) is 0.286. The average Bonchev–Trinajstić information content (AvgIpc) is 3.08. The molecule has 1 fully saturated rings. The number of nitrogens with one attached hydrogen (secondary N) is 2. The Hall–Kier alpha value is -0.870. The summed E-state index contributed by atoms with van der Waals surface area (Å²) in [5.74, 6) is -1.95. The van der Waals surface area contributed by atoms with Crippen LogP contribution in [0.25, 0.3) is 0 Å². The molecule has 1 aliphatic rings. The lowest BCUT2D eigenvalue weighted by molar-refractivity contribution is -0.224. The topological polar surface area (TPSA) is 141 Å². The van der Waals surface area contributed by atoms with E-state index in [1.54, 1.807) is 0 Å². The van der Waals surface area contributed by atoms with Gasteiger partial charge < -0.3 is 25.2 Å². The van der Waals surface area contributed by atoms with Crippen molar-refractivity contribution in [3.63, 3.8) is 0 Å². The zero-order valence-electron chi connectivity index (χ0n) is 13.9. The van der Waals surface area contributed by atoms with E-state index in [0.29, 0.717) is 8.09 Å². The Kier molecular flexibility index (Phi) is 6.05. The first-order valence-corrected chi connectivity index (χ1v) is 10.5. The van der Waals surface area contributed by atoms with Crippen molar-refractivity contribution >= 4 is 62.0 Å². The number of carbonyl (C=O) groups is 1. The van der Waals surface area contributed by atoms with Crippen LogP contribution in [0.3, 0.4) is 0 Å². The van der Waals surface area contributed by atoms with Crippen molar-refractivity contribution in [3.05, 3.63) is 44.0 Å². The SMILES string of the molecule is CN1[S+]([O-])NC(O)(c2ncc(Br)s2)C(O)C1(O)C(=O)Nc1ccc(F)c(Cl)c1. The van der Waals surface area contributed by atoms with Gasteiger partial charge in [0.05, 0.1) is 15.0 Å². The van der Waals surface area contributed by atoms with E-state index >= 15 is 0 Å². The van der Waals surface area contributed by atoms with Crippen LogP contribution in [0.4, 0.5) is 10.1 Å². The molecule has 2 aromatic rings. The van der Waals surface area contributed by atoms with Crippen LogP contribution in [0.2, 0.25) is 5.02 Å². The Morgan fingerprint density at radius 1 is 1.57 bits per heavy atom. The molecular weight excluding hydrogens is 503 g/mol. The fourth-order valence-electron chi connectivity index (χ4n) is 2.50. The van der Waals surface area contributed by atoms with Crippen LogP contribution in [-0.4, -0.2) is 53.9 Å². The zero-order chi connectivity index (χ0) is 20.9. The van der Waals surface area contributed by atoms with Gasteiger partial charge in [0.1, 0.15) is 22.4 Å². The lowest BCUT2D eigenvalue weighted by atomic mass is 9.95. The van der Waals surface area contributed by atoms with Crippen LogP contribution >= 0.6 is 38.9 Å². The molecule has 1 amide bonds. The molecule has 1 aromatic heterocycles. The maximum Gasteiger partial charge on any atom is 0.279 e. The maximum atomic E-state index is 13.3. The third kappa shape index (κ3) is 3.56. The lowest BCUT2D eigenvalue weighted by Gasteiger charge is -2.47. The molecule has 3 rings (SSSR count). The van der Waals surface area contributed by atoms with Gasteiger partial charge in [0, 0.05) is 12.7 Å². The largest absolute Gasteiger partial charge is 0.578 e. The van der Waals surface area contributed by atoms with Gasteiger partial charge in [-0.2, -0.15) is 0 Å². The molecule has 0 radical (unpaired) electrons. The number of benzene rings is 1. The van der Waals surface area contributed by atoms with Gasteiger partial charge in [-0.25, -0.2) is 9.37 Å². The Labute approximate surface area is 178 Å². The predicted octanol–water partition coefficient (Wildman–Crippen LogP) is 0.645. The first-order chi connectivity index (χ1) is 13.0. The molecule has 152 valence electrons. The molecule has 1 aromatic carbocycles. The molecule has 9 nitrogen and oxygen atoms in total. The highest BCUT2D eigenvalue weighted by molar-refractivity contribution is 9.11. The second-order valence-corrected chi connectivity index (χ2v) is 9.86. The van der Waals surface area contributed by atoms with Crippen LogP contribution in [0.5, 0.6) is 0 Å². The maximum absolute atomic E-state index is 13.3. The van der Waals surface area contributed by atoms with Gasteiger partial charge in [-0.1, -0.05) is 20.6 Å². The summed E-state index contributed by atoms with van der Waals surface area (Å²) in [4.78, 5) is 16.7. The molecule has 4 atom stereocenters. The van der Waals surface area contributed by atoms with Crippen molar-refractivity contribution in [3.8, 4) is 0 Å². The van der Waals surface area contributed by atoms with Gasteiger partial charge in [-0.15, -0.1) is 11.3 Å². The van der Waals surface area contributed by atoms with E-state index < -0.39 is 40.8 Å². The first kappa shape index (κ1) is 21.8. The Morgan fingerprint density at radius 3 is 2.82 bits per heavy atom. The molecule has 0 saturated carbocycles. The number of aliphatic hydroxyl groups is 3. The second-order valence-electron chi connectivity index (χ2n) is 5.80. The Balaban J connectivity index is 1.98. The van der Waals surface area contributed by atoms with Crippen molar-refractivity contribution in [2.45, 2.75) is 17.6 Å². The number of amides is 1. The number of hydrogen-bond acceptors (Lipinski definition) is 9. The highest BCUT2D eigenvalue weighted by atomic mass is 79.9. The molecular formula is C14H13BrClFN4O5S2. The number of rotatable bonds is 3. The van der Waals surface area contributed by atoms with E-state index in [1.807, 2.05) is 0 Å². The van der Waals surface area contributed by atoms with Crippen molar-refractivity contribution in [2.75, 3.05) is 12.4 Å². The number of carbonyl (C=O) groups excluding carboxylic acids is 1. The Morgan fingerprint density at radius 2 is 2.25 bits per heavy atom. The third-order valence-electron chi connectivity index (χ3n) is 4.06. The van der Waals surface area contributed by atoms with E-state index in [0.717, 1.165) is 30.5 Å². The van der Waals surface area contributed by atoms with Crippen LogP contribution < -0.4 is 10.0 Å². The summed E-state index contributed by atoms with van der Waals surface area (Å²) < 4.78 is 29.1. The fourth-order valence-corrected chi connectivity index (χ4v) is 5.07. The lowest BCUT2D eigenvalue weighted by Crippen LogP contribution is -2.78. The van der Waals surface area contributed by atoms with Crippen molar-refractivity contribution < 1.29 is 29.1 Å². The summed E-state index contributed by atoms with van der Waals surface area (Å²) in [7, 11) is 1.10. The number of hydrogen-bond donors (Lipinski definition) is 5. The molecule has 1 aliphatic heterocycles. The van der Waals surface area contributed by atoms with Gasteiger partial charge >= 0.3 is 0 Å². The molecule has 28 heavy (non-hydrogen) atoms. The molecule has 0 spiro atoms. The minimum Gasteiger partial charge on any atom is -0.578 e. The smallest absolute Gasteiger partial charge is 0.279 e. The molecule has 4 unspecified atom stereocenters. The highest BCUT2D eigenvalue weighted by Gasteiger charge is 2.67. The number of halogens is 3. The molecule has 2 heterocycles. The van der Waals surface area contributed by atoms with Gasteiger partial charge in [-0.3, -0.25) is 4.79 Å². The van der Waals surface area contributed by atoms with Crippen LogP contribution in [0, 0.1) is 5.82 Å². The van der Waals surface area contributed by atoms with E-state index in [4.69, 9.17) is 11.6 Å². The van der Waals surface area contributed by atoms with E-state index in [2.05, 4.69) is 31.0 Å². The predicted molar refractivity (Wildman–Crippen MR) is 104 cm³/mol. The summed E-state index contributed by atoms with van der Waals surface area (Å²) in [6, 6.07) is 3.26. The number of aliphatic hydroxyl groups excluding tert-OH is 1. The third-order valence-corrected chi connectivity index (χ3v) is 7.22. The summed E-state index contributed by atoms with van der Waals surface area (Å²) >= 11 is 7.42. The molecule has 5 N–H and O–H groups in total. The standard InChI is InChI=1S/C14H13BrClFN4O5S2/c1-21-14(25,11(23)19-6-2-3-8(17)7(16)4-6)10(22)13(24,20-28(21)26)12-18-5-9(15)27-12/h2-5,10,20,22,24-25H,1H3,(H,19,23). The van der Waals surface area contributed by atoms with Crippen molar-refractivity contribution in [2.24, 2.45) is 0 Å². The van der Waals surface area contributed by atoms with Crippen LogP contribution in [-0.2, 0) is 22.1 Å². The molecule has 0 aliphatic carbocycles. The van der Waals surface area contributed by atoms with E-state index in [-0.39, 0.29) is 15.7 Å². The normalized spacial score (nSPS) is 31.0. The van der Waals surface area contributed by atoms with Gasteiger partial charge in [0.2, 0.25) is 5.72 Å². The summed E-state index contributed by atoms with van der Waals surface area (Å²) in [6.45, 7) is 0. The van der Waals surface area contributed by atoms with Crippen LogP contribution in [0.15, 0.2) is 28.2 Å². The summed E-state index contributed by atoms with van der Waals surface area (Å²) in [5.41, 5.74) is -5.33.